The number of rotatable bonds is 7. The van der Waals surface area contributed by atoms with Crippen LogP contribution in [0, 0.1) is 0 Å². The highest BCUT2D eigenvalue weighted by molar-refractivity contribution is 6.17. The Bertz CT molecular complexity index is 106. The van der Waals surface area contributed by atoms with Crippen molar-refractivity contribution in [2.75, 3.05) is 32.3 Å². The molecule has 0 radical (unpaired) electrons. The molecule has 0 fully saturated rings. The van der Waals surface area contributed by atoms with E-state index >= 15 is 0 Å². The fourth-order valence-electron chi connectivity index (χ4n) is 0.460. The fraction of sp³-hybridized carbons (Fsp3) is 1.00. The van der Waals surface area contributed by atoms with Crippen LogP contribution in [0.5, 0.6) is 0 Å². The maximum absolute atomic E-state index is 8.17. The number of alkyl halides is 1. The summed E-state index contributed by atoms with van der Waals surface area (Å²) >= 11 is 5.38. The Hall–Kier alpha value is 0.0500. The Morgan fingerprint density at radius 3 is 1.17 bits per heavy atom. The average molecular weight is 291 g/mol. The van der Waals surface area contributed by atoms with Gasteiger partial charge in [-0.3, -0.25) is 0 Å². The summed E-state index contributed by atoms with van der Waals surface area (Å²) in [4.78, 5) is 0. The molecule has 0 amide bonds. The highest BCUT2D eigenvalue weighted by Gasteiger charge is 1.94. The predicted octanol–water partition coefficient (Wildman–Crippen LogP) is -0.921. The number of halogens is 1. The average Bonchev–Trinajstić information content (AvgIpc) is 2.44. The molecule has 0 atom stereocenters. The minimum atomic E-state index is -0.954. The summed E-state index contributed by atoms with van der Waals surface area (Å²) in [7, 11) is 0. The first-order valence-electron chi connectivity index (χ1n) is 5.89. The minimum absolute atomic E-state index is 0.365. The lowest BCUT2D eigenvalue weighted by Gasteiger charge is -1.96. The quantitative estimate of drug-likeness (QED) is 0.266. The smallest absolute Gasteiger partial charge is 0.100 e. The molecule has 18 heavy (non-hydrogen) atoms. The molecular formula is C11H27ClO6. The lowest BCUT2D eigenvalue weighted by molar-refractivity contribution is 0.0450. The van der Waals surface area contributed by atoms with Gasteiger partial charge in [-0.1, -0.05) is 19.8 Å². The van der Waals surface area contributed by atoms with Gasteiger partial charge in [0, 0.05) is 5.88 Å². The third kappa shape index (κ3) is 29.8. The fourth-order valence-corrected chi connectivity index (χ4v) is 0.649. The highest BCUT2D eigenvalue weighted by atomic mass is 35.5. The van der Waals surface area contributed by atoms with E-state index in [-0.39, 0.29) is 26.4 Å². The maximum Gasteiger partial charge on any atom is 0.100 e. The van der Waals surface area contributed by atoms with Crippen LogP contribution in [0.3, 0.4) is 0 Å². The summed E-state index contributed by atoms with van der Waals surface area (Å²) in [6.45, 7) is 0.715. The molecule has 0 rings (SSSR count). The van der Waals surface area contributed by atoms with Crippen LogP contribution in [0.15, 0.2) is 0 Å². The number of unbranched alkanes of at least 4 members (excludes halogenated alkanes) is 2. The summed E-state index contributed by atoms with van der Waals surface area (Å²) in [6, 6.07) is 0. The van der Waals surface area contributed by atoms with Gasteiger partial charge in [-0.2, -0.15) is 0 Å². The third-order valence-corrected chi connectivity index (χ3v) is 1.85. The molecule has 0 saturated heterocycles. The second kappa shape index (κ2) is 22.2. The number of hydrogen-bond acceptors (Lipinski definition) is 6. The standard InChI is InChI=1S/C5H11Cl.2C3H8O3/c1-2-3-4-5-6;2*4-1-3(6)2-5/h2-5H2,1H3;2*3-6H,1-2H2. The Balaban J connectivity index is -0.000000187. The largest absolute Gasteiger partial charge is 0.394 e. The van der Waals surface area contributed by atoms with Crippen molar-refractivity contribution >= 4 is 11.6 Å². The molecule has 0 aromatic carbocycles. The second-order valence-electron chi connectivity index (χ2n) is 3.43. The van der Waals surface area contributed by atoms with Gasteiger partial charge in [0.25, 0.3) is 0 Å². The molecule has 0 saturated carbocycles. The first kappa shape index (κ1) is 23.2. The summed E-state index contributed by atoms with van der Waals surface area (Å²) in [5, 5.41) is 48.0. The van der Waals surface area contributed by atoms with Crippen molar-refractivity contribution in [1.82, 2.24) is 0 Å². The van der Waals surface area contributed by atoms with Crippen LogP contribution >= 0.6 is 11.6 Å². The van der Waals surface area contributed by atoms with Gasteiger partial charge in [-0.05, 0) is 6.42 Å². The lowest BCUT2D eigenvalue weighted by atomic mass is 10.3. The first-order chi connectivity index (χ1) is 8.53. The monoisotopic (exact) mass is 290 g/mol. The van der Waals surface area contributed by atoms with Gasteiger partial charge >= 0.3 is 0 Å². The van der Waals surface area contributed by atoms with E-state index in [4.69, 9.17) is 42.2 Å². The van der Waals surface area contributed by atoms with E-state index in [1.807, 2.05) is 0 Å². The van der Waals surface area contributed by atoms with Crippen molar-refractivity contribution in [3.8, 4) is 0 Å². The molecule has 0 unspecified atom stereocenters. The van der Waals surface area contributed by atoms with Gasteiger partial charge in [0.2, 0.25) is 0 Å². The molecule has 0 aliphatic rings. The summed E-state index contributed by atoms with van der Waals surface area (Å²) < 4.78 is 0. The van der Waals surface area contributed by atoms with Crippen molar-refractivity contribution in [3.63, 3.8) is 0 Å². The zero-order valence-electron chi connectivity index (χ0n) is 10.9. The molecule has 0 aliphatic carbocycles. The summed E-state index contributed by atoms with van der Waals surface area (Å²) in [6.07, 6.45) is 1.82. The number of aliphatic hydroxyl groups excluding tert-OH is 6. The van der Waals surface area contributed by atoms with E-state index in [2.05, 4.69) is 6.92 Å². The second-order valence-corrected chi connectivity index (χ2v) is 3.81. The van der Waals surface area contributed by atoms with Crippen LogP contribution < -0.4 is 0 Å². The molecule has 0 aliphatic heterocycles. The van der Waals surface area contributed by atoms with Gasteiger partial charge < -0.3 is 30.6 Å². The van der Waals surface area contributed by atoms with Crippen molar-refractivity contribution in [2.45, 2.75) is 38.4 Å². The van der Waals surface area contributed by atoms with E-state index in [9.17, 15) is 0 Å². The zero-order valence-corrected chi connectivity index (χ0v) is 11.6. The molecular weight excluding hydrogens is 264 g/mol. The highest BCUT2D eigenvalue weighted by Crippen LogP contribution is 1.93. The maximum atomic E-state index is 8.17. The van der Waals surface area contributed by atoms with Crippen LogP contribution in [0.25, 0.3) is 0 Å². The van der Waals surface area contributed by atoms with Crippen molar-refractivity contribution in [3.05, 3.63) is 0 Å². The van der Waals surface area contributed by atoms with E-state index in [1.54, 1.807) is 0 Å². The van der Waals surface area contributed by atoms with E-state index < -0.39 is 12.2 Å². The Labute approximate surface area is 113 Å². The number of aliphatic hydroxyl groups is 6. The Morgan fingerprint density at radius 2 is 1.11 bits per heavy atom. The van der Waals surface area contributed by atoms with Gasteiger partial charge in [0.1, 0.15) is 12.2 Å². The summed E-state index contributed by atoms with van der Waals surface area (Å²) in [5.74, 6) is 0.827. The molecule has 0 bridgehead atoms. The zero-order chi connectivity index (χ0) is 14.8. The van der Waals surface area contributed by atoms with Gasteiger partial charge in [-0.15, -0.1) is 11.6 Å². The molecule has 7 heteroatoms. The third-order valence-electron chi connectivity index (χ3n) is 1.58. The molecule has 0 aromatic rings. The Morgan fingerprint density at radius 1 is 0.778 bits per heavy atom. The minimum Gasteiger partial charge on any atom is -0.394 e. The van der Waals surface area contributed by atoms with Crippen molar-refractivity contribution in [2.24, 2.45) is 0 Å². The molecule has 114 valence electrons. The molecule has 0 aromatic heterocycles. The lowest BCUT2D eigenvalue weighted by Crippen LogP contribution is -2.15. The van der Waals surface area contributed by atoms with Crippen LogP contribution in [0.2, 0.25) is 0 Å². The van der Waals surface area contributed by atoms with Crippen molar-refractivity contribution < 1.29 is 30.6 Å². The predicted molar refractivity (Wildman–Crippen MR) is 70.6 cm³/mol. The van der Waals surface area contributed by atoms with Crippen LogP contribution in [-0.2, 0) is 0 Å². The molecule has 6 nitrogen and oxygen atoms in total. The molecule has 6 N–H and O–H groups in total. The number of hydrogen-bond donors (Lipinski definition) is 6. The van der Waals surface area contributed by atoms with E-state index in [1.165, 1.54) is 19.3 Å². The first-order valence-corrected chi connectivity index (χ1v) is 6.42. The van der Waals surface area contributed by atoms with Crippen LogP contribution in [0.1, 0.15) is 26.2 Å². The van der Waals surface area contributed by atoms with Gasteiger partial charge in [0.15, 0.2) is 0 Å². The SMILES string of the molecule is CCCCCCl.OCC(O)CO.OCC(O)CO. The van der Waals surface area contributed by atoms with E-state index in [0.717, 1.165) is 5.88 Å². The Kier molecular flexibility index (Phi) is 28.6. The topological polar surface area (TPSA) is 121 Å². The summed E-state index contributed by atoms with van der Waals surface area (Å²) in [5.41, 5.74) is 0. The van der Waals surface area contributed by atoms with E-state index in [0.29, 0.717) is 0 Å². The van der Waals surface area contributed by atoms with Gasteiger partial charge in [-0.25, -0.2) is 0 Å². The van der Waals surface area contributed by atoms with Gasteiger partial charge in [0.05, 0.1) is 26.4 Å². The molecule has 0 spiro atoms. The van der Waals surface area contributed by atoms with Crippen molar-refractivity contribution in [1.29, 1.82) is 0 Å². The van der Waals surface area contributed by atoms with Crippen LogP contribution in [-0.4, -0.2) is 75.2 Å². The molecule has 0 heterocycles. The normalized spacial score (nSPS) is 9.67. The van der Waals surface area contributed by atoms with Crippen LogP contribution in [0.4, 0.5) is 0 Å².